The van der Waals surface area contributed by atoms with Gasteiger partial charge in [-0.05, 0) is 64.4 Å². The van der Waals surface area contributed by atoms with E-state index in [-0.39, 0.29) is 5.78 Å². The molecule has 1 N–H and O–H groups in total. The molecule has 4 heteroatoms. The molecule has 0 atom stereocenters. The Balaban J connectivity index is 1.88. The number of nitrogens with one attached hydrogen (secondary N) is 1. The number of ketones is 1. The second-order valence-electron chi connectivity index (χ2n) is 6.22. The van der Waals surface area contributed by atoms with Gasteiger partial charge in [0.1, 0.15) is 0 Å². The van der Waals surface area contributed by atoms with Crippen LogP contribution in [0.25, 0.3) is 0 Å². The lowest BCUT2D eigenvalue weighted by Gasteiger charge is -2.13. The summed E-state index contributed by atoms with van der Waals surface area (Å²) in [5.41, 5.74) is 4.24. The van der Waals surface area contributed by atoms with E-state index in [1.165, 1.54) is 5.56 Å². The van der Waals surface area contributed by atoms with Gasteiger partial charge in [-0.25, -0.2) is 0 Å². The summed E-state index contributed by atoms with van der Waals surface area (Å²) in [7, 11) is 0. The van der Waals surface area contributed by atoms with Crippen LogP contribution in [-0.2, 0) is 6.42 Å². The fourth-order valence-electron chi connectivity index (χ4n) is 3.03. The zero-order valence-electron chi connectivity index (χ0n) is 14.3. The molecular formula is C19H25ClN2O. The van der Waals surface area contributed by atoms with Crippen molar-refractivity contribution in [2.45, 2.75) is 40.2 Å². The molecule has 0 saturated heterocycles. The van der Waals surface area contributed by atoms with Gasteiger partial charge in [0, 0.05) is 28.0 Å². The minimum Gasteiger partial charge on any atom is -0.346 e. The number of aromatic nitrogens is 1. The Labute approximate surface area is 143 Å². The monoisotopic (exact) mass is 332 g/mol. The lowest BCUT2D eigenvalue weighted by atomic mass is 10.1. The smallest absolute Gasteiger partial charge is 0.178 e. The predicted octanol–water partition coefficient (Wildman–Crippen LogP) is 4.35. The molecule has 2 rings (SSSR count). The molecule has 0 fully saturated rings. The second kappa shape index (κ2) is 7.80. The molecule has 23 heavy (non-hydrogen) atoms. The van der Waals surface area contributed by atoms with Crippen LogP contribution in [-0.4, -0.2) is 23.4 Å². The molecule has 0 bridgehead atoms. The molecule has 2 aromatic rings. The molecular weight excluding hydrogens is 308 g/mol. The summed E-state index contributed by atoms with van der Waals surface area (Å²) < 4.78 is 2.21. The van der Waals surface area contributed by atoms with Gasteiger partial charge in [0.2, 0.25) is 0 Å². The third-order valence-corrected chi connectivity index (χ3v) is 4.34. The van der Waals surface area contributed by atoms with E-state index in [1.54, 1.807) is 0 Å². The first-order chi connectivity index (χ1) is 10.9. The van der Waals surface area contributed by atoms with E-state index >= 15 is 0 Å². The first-order valence-electron chi connectivity index (χ1n) is 8.07. The Morgan fingerprint density at radius 1 is 1.22 bits per heavy atom. The van der Waals surface area contributed by atoms with Crippen LogP contribution in [0.3, 0.4) is 0 Å². The van der Waals surface area contributed by atoms with Crippen LogP contribution in [0.5, 0.6) is 0 Å². The van der Waals surface area contributed by atoms with Gasteiger partial charge in [-0.15, -0.1) is 0 Å². The standard InChI is InChI=1S/C19H25ClN2O/c1-13(2)22-14(3)11-18(15(22)4)19(23)12-21-10-9-16-5-7-17(20)8-6-16/h5-8,11,13,21H,9-10,12H2,1-4H3. The Bertz CT molecular complexity index is 671. The van der Waals surface area contributed by atoms with E-state index in [9.17, 15) is 4.79 Å². The summed E-state index contributed by atoms with van der Waals surface area (Å²) in [5.74, 6) is 0.154. The van der Waals surface area contributed by atoms with Crippen molar-refractivity contribution in [3.8, 4) is 0 Å². The van der Waals surface area contributed by atoms with E-state index in [2.05, 4.69) is 30.7 Å². The Kier molecular flexibility index (Phi) is 6.03. The minimum atomic E-state index is 0.154. The molecule has 0 amide bonds. The Hall–Kier alpha value is -1.58. The van der Waals surface area contributed by atoms with Gasteiger partial charge >= 0.3 is 0 Å². The molecule has 1 aromatic heterocycles. The highest BCUT2D eigenvalue weighted by Crippen LogP contribution is 2.20. The summed E-state index contributed by atoms with van der Waals surface area (Å²) in [5, 5.41) is 3.99. The largest absolute Gasteiger partial charge is 0.346 e. The van der Waals surface area contributed by atoms with Crippen molar-refractivity contribution in [2.24, 2.45) is 0 Å². The van der Waals surface area contributed by atoms with Crippen LogP contribution < -0.4 is 5.32 Å². The van der Waals surface area contributed by atoms with Crippen molar-refractivity contribution >= 4 is 17.4 Å². The maximum Gasteiger partial charge on any atom is 0.178 e. The van der Waals surface area contributed by atoms with E-state index in [0.717, 1.165) is 34.9 Å². The molecule has 1 heterocycles. The van der Waals surface area contributed by atoms with Gasteiger partial charge in [0.05, 0.1) is 6.54 Å². The maximum atomic E-state index is 12.4. The molecule has 3 nitrogen and oxygen atoms in total. The van der Waals surface area contributed by atoms with Crippen LogP contribution in [0.4, 0.5) is 0 Å². The van der Waals surface area contributed by atoms with Gasteiger partial charge in [-0.2, -0.15) is 0 Å². The molecule has 124 valence electrons. The zero-order valence-corrected chi connectivity index (χ0v) is 15.1. The number of carbonyl (C=O) groups excluding carboxylic acids is 1. The van der Waals surface area contributed by atoms with Crippen molar-refractivity contribution in [3.63, 3.8) is 0 Å². The van der Waals surface area contributed by atoms with Gasteiger partial charge in [0.15, 0.2) is 5.78 Å². The quantitative estimate of drug-likeness (QED) is 0.604. The van der Waals surface area contributed by atoms with Crippen LogP contribution in [0.15, 0.2) is 30.3 Å². The van der Waals surface area contributed by atoms with Crippen LogP contribution >= 0.6 is 11.6 Å². The van der Waals surface area contributed by atoms with Crippen molar-refractivity contribution in [1.82, 2.24) is 9.88 Å². The van der Waals surface area contributed by atoms with Gasteiger partial charge < -0.3 is 9.88 Å². The predicted molar refractivity (Wildman–Crippen MR) is 96.6 cm³/mol. The summed E-state index contributed by atoms with van der Waals surface area (Å²) in [6, 6.07) is 10.2. The molecule has 0 spiro atoms. The minimum absolute atomic E-state index is 0.154. The third-order valence-electron chi connectivity index (χ3n) is 4.09. The van der Waals surface area contributed by atoms with Gasteiger partial charge in [-0.1, -0.05) is 23.7 Å². The molecule has 0 aliphatic heterocycles. The number of hydrogen-bond donors (Lipinski definition) is 1. The molecule has 0 unspecified atom stereocenters. The lowest BCUT2D eigenvalue weighted by Crippen LogP contribution is -2.25. The Morgan fingerprint density at radius 3 is 2.43 bits per heavy atom. The zero-order chi connectivity index (χ0) is 17.0. The molecule has 0 aliphatic carbocycles. The molecule has 1 aromatic carbocycles. The van der Waals surface area contributed by atoms with E-state index < -0.39 is 0 Å². The van der Waals surface area contributed by atoms with E-state index in [0.29, 0.717) is 12.6 Å². The number of aryl methyl sites for hydroxylation is 1. The summed E-state index contributed by atoms with van der Waals surface area (Å²) >= 11 is 5.87. The third kappa shape index (κ3) is 4.46. The highest BCUT2D eigenvalue weighted by atomic mass is 35.5. The van der Waals surface area contributed by atoms with Gasteiger partial charge in [-0.3, -0.25) is 4.79 Å². The topological polar surface area (TPSA) is 34.0 Å². The van der Waals surface area contributed by atoms with E-state index in [1.807, 2.05) is 37.3 Å². The first-order valence-corrected chi connectivity index (χ1v) is 8.44. The fourth-order valence-corrected chi connectivity index (χ4v) is 3.16. The highest BCUT2D eigenvalue weighted by Gasteiger charge is 2.16. The first kappa shape index (κ1) is 17.8. The summed E-state index contributed by atoms with van der Waals surface area (Å²) in [4.78, 5) is 12.4. The second-order valence-corrected chi connectivity index (χ2v) is 6.66. The number of benzene rings is 1. The van der Waals surface area contributed by atoms with E-state index in [4.69, 9.17) is 11.6 Å². The van der Waals surface area contributed by atoms with Crippen LogP contribution in [0.1, 0.15) is 47.2 Å². The SMILES string of the molecule is Cc1cc(C(=O)CNCCc2ccc(Cl)cc2)c(C)n1C(C)C. The molecule has 0 saturated carbocycles. The van der Waals surface area contributed by atoms with Crippen molar-refractivity contribution in [1.29, 1.82) is 0 Å². The van der Waals surface area contributed by atoms with Crippen LogP contribution in [0.2, 0.25) is 5.02 Å². The van der Waals surface area contributed by atoms with Crippen LogP contribution in [0, 0.1) is 13.8 Å². The number of rotatable bonds is 7. The average Bonchev–Trinajstić information content (AvgIpc) is 2.80. The van der Waals surface area contributed by atoms with Crippen molar-refractivity contribution in [2.75, 3.05) is 13.1 Å². The number of nitrogens with zero attached hydrogens (tertiary/aromatic N) is 1. The fraction of sp³-hybridized carbons (Fsp3) is 0.421. The number of halogens is 1. The van der Waals surface area contributed by atoms with Crippen molar-refractivity contribution < 1.29 is 4.79 Å². The molecule has 0 radical (unpaired) electrons. The normalized spacial score (nSPS) is 11.2. The van der Waals surface area contributed by atoms with Gasteiger partial charge in [0.25, 0.3) is 0 Å². The summed E-state index contributed by atoms with van der Waals surface area (Å²) in [6.07, 6.45) is 0.884. The number of Topliss-reactive ketones (excluding diaryl/α,β-unsaturated/α-hetero) is 1. The average molecular weight is 333 g/mol. The summed E-state index contributed by atoms with van der Waals surface area (Å²) in [6.45, 7) is 9.50. The highest BCUT2D eigenvalue weighted by molar-refractivity contribution is 6.30. The number of hydrogen-bond acceptors (Lipinski definition) is 2. The lowest BCUT2D eigenvalue weighted by molar-refractivity contribution is 0.0990. The maximum absolute atomic E-state index is 12.4. The Morgan fingerprint density at radius 2 is 1.87 bits per heavy atom. The molecule has 0 aliphatic rings. The van der Waals surface area contributed by atoms with Crippen molar-refractivity contribution in [3.05, 3.63) is 57.9 Å². The number of carbonyl (C=O) groups is 1.